The molecule has 1 aromatic rings. The van der Waals surface area contributed by atoms with E-state index in [1.54, 1.807) is 25.3 Å². The first-order chi connectivity index (χ1) is 8.67. The monoisotopic (exact) mass is 249 g/mol. The molecular weight excluding hydrogens is 234 g/mol. The van der Waals surface area contributed by atoms with E-state index in [4.69, 9.17) is 15.7 Å². The van der Waals surface area contributed by atoms with E-state index in [0.29, 0.717) is 24.4 Å². The predicted molar refractivity (Wildman–Crippen MR) is 65.0 cm³/mol. The average molecular weight is 249 g/mol. The number of nitrogens with two attached hydrogens (primary N) is 1. The lowest BCUT2D eigenvalue weighted by Gasteiger charge is -2.10. The van der Waals surface area contributed by atoms with Crippen molar-refractivity contribution < 1.29 is 14.3 Å². The Morgan fingerprint density at radius 1 is 1.56 bits per heavy atom. The smallest absolute Gasteiger partial charge is 0.404 e. The van der Waals surface area contributed by atoms with E-state index in [1.165, 1.54) is 0 Å². The van der Waals surface area contributed by atoms with Gasteiger partial charge >= 0.3 is 6.09 Å². The third-order valence-corrected chi connectivity index (χ3v) is 2.25. The summed E-state index contributed by atoms with van der Waals surface area (Å²) in [7, 11) is 1.57. The minimum Gasteiger partial charge on any atom is -0.496 e. The Bertz CT molecular complexity index is 454. The molecule has 96 valence electrons. The Labute approximate surface area is 105 Å². The molecule has 0 aromatic heterocycles. The summed E-state index contributed by atoms with van der Waals surface area (Å²) >= 11 is 0. The molecule has 0 aliphatic heterocycles. The van der Waals surface area contributed by atoms with Crippen LogP contribution in [0.4, 0.5) is 4.79 Å². The third kappa shape index (κ3) is 4.31. The number of benzene rings is 1. The van der Waals surface area contributed by atoms with Gasteiger partial charge in [0.25, 0.3) is 0 Å². The fraction of sp³-hybridized carbons (Fsp3) is 0.333. The highest BCUT2D eigenvalue weighted by molar-refractivity contribution is 5.64. The van der Waals surface area contributed by atoms with Gasteiger partial charge in [0.05, 0.1) is 18.7 Å². The van der Waals surface area contributed by atoms with Crippen LogP contribution < -0.4 is 15.8 Å². The average Bonchev–Trinajstić information content (AvgIpc) is 2.37. The number of carbonyl (C=O) groups is 1. The number of primary amides is 1. The van der Waals surface area contributed by atoms with Crippen molar-refractivity contribution in [2.24, 2.45) is 5.73 Å². The Balaban J connectivity index is 2.50. The molecule has 1 amide bonds. The van der Waals surface area contributed by atoms with Crippen molar-refractivity contribution in [3.05, 3.63) is 29.3 Å². The first-order valence-electron chi connectivity index (χ1n) is 5.37. The molecule has 0 fully saturated rings. The van der Waals surface area contributed by atoms with Gasteiger partial charge in [-0.25, -0.2) is 4.79 Å². The fourth-order valence-electron chi connectivity index (χ4n) is 1.43. The van der Waals surface area contributed by atoms with E-state index >= 15 is 0 Å². The van der Waals surface area contributed by atoms with Crippen LogP contribution in [0.15, 0.2) is 18.2 Å². The minimum absolute atomic E-state index is 0.204. The predicted octanol–water partition coefficient (Wildman–Crippen LogP) is 0.752. The maximum atomic E-state index is 10.3. The summed E-state index contributed by atoms with van der Waals surface area (Å²) in [5.41, 5.74) is 6.27. The summed E-state index contributed by atoms with van der Waals surface area (Å²) in [6.07, 6.45) is -0.791. The Hall–Kier alpha value is -2.26. The van der Waals surface area contributed by atoms with Crippen LogP contribution in [0, 0.1) is 11.3 Å². The summed E-state index contributed by atoms with van der Waals surface area (Å²) in [6.45, 7) is 1.19. The molecule has 0 unspecified atom stereocenters. The highest BCUT2D eigenvalue weighted by atomic mass is 16.5. The van der Waals surface area contributed by atoms with Gasteiger partial charge in [-0.15, -0.1) is 0 Å². The molecule has 0 aliphatic rings. The molecule has 0 atom stereocenters. The number of hydrogen-bond donors (Lipinski definition) is 2. The van der Waals surface area contributed by atoms with Gasteiger partial charge < -0.3 is 20.5 Å². The highest BCUT2D eigenvalue weighted by Crippen LogP contribution is 2.19. The van der Waals surface area contributed by atoms with E-state index in [0.717, 1.165) is 5.56 Å². The number of methoxy groups -OCH3 is 1. The van der Waals surface area contributed by atoms with Gasteiger partial charge in [0.15, 0.2) is 0 Å². The normalized spacial score (nSPS) is 9.56. The van der Waals surface area contributed by atoms with Crippen LogP contribution in [0.1, 0.15) is 11.1 Å². The SMILES string of the molecule is COc1ccc(C#N)cc1CNCCOC(N)=O. The van der Waals surface area contributed by atoms with E-state index < -0.39 is 6.09 Å². The Morgan fingerprint density at radius 3 is 2.94 bits per heavy atom. The lowest BCUT2D eigenvalue weighted by molar-refractivity contribution is 0.157. The molecule has 1 rings (SSSR count). The van der Waals surface area contributed by atoms with Crippen molar-refractivity contribution in [2.75, 3.05) is 20.3 Å². The number of rotatable bonds is 6. The first kappa shape index (κ1) is 13.8. The minimum atomic E-state index is -0.791. The van der Waals surface area contributed by atoms with Crippen LogP contribution >= 0.6 is 0 Å². The number of nitriles is 1. The van der Waals surface area contributed by atoms with Gasteiger partial charge in [-0.2, -0.15) is 5.26 Å². The highest BCUT2D eigenvalue weighted by Gasteiger charge is 2.04. The molecule has 6 nitrogen and oxygen atoms in total. The number of hydrogen-bond acceptors (Lipinski definition) is 5. The van der Waals surface area contributed by atoms with Crippen LogP contribution in [-0.4, -0.2) is 26.4 Å². The number of amides is 1. The van der Waals surface area contributed by atoms with E-state index in [2.05, 4.69) is 16.1 Å². The second kappa shape index (κ2) is 7.14. The summed E-state index contributed by atoms with van der Waals surface area (Å²) in [5, 5.41) is 11.9. The quantitative estimate of drug-likeness (QED) is 0.725. The molecule has 0 bridgehead atoms. The molecule has 0 heterocycles. The van der Waals surface area contributed by atoms with Gasteiger partial charge in [-0.05, 0) is 18.2 Å². The topological polar surface area (TPSA) is 97.4 Å². The molecule has 1 aromatic carbocycles. The second-order valence-corrected chi connectivity index (χ2v) is 3.48. The van der Waals surface area contributed by atoms with Gasteiger partial charge in [0.2, 0.25) is 0 Å². The van der Waals surface area contributed by atoms with Crippen LogP contribution in [0.3, 0.4) is 0 Å². The third-order valence-electron chi connectivity index (χ3n) is 2.25. The van der Waals surface area contributed by atoms with E-state index in [-0.39, 0.29) is 6.61 Å². The van der Waals surface area contributed by atoms with Crippen molar-refractivity contribution >= 4 is 6.09 Å². The Kier molecular flexibility index (Phi) is 5.48. The van der Waals surface area contributed by atoms with Crippen molar-refractivity contribution in [1.29, 1.82) is 5.26 Å². The van der Waals surface area contributed by atoms with Crippen molar-refractivity contribution in [3.8, 4) is 11.8 Å². The van der Waals surface area contributed by atoms with Gasteiger partial charge in [-0.3, -0.25) is 0 Å². The number of nitrogens with zero attached hydrogens (tertiary/aromatic N) is 1. The largest absolute Gasteiger partial charge is 0.496 e. The molecule has 0 aliphatic carbocycles. The number of nitrogens with one attached hydrogen (secondary N) is 1. The molecule has 0 spiro atoms. The molecule has 0 saturated carbocycles. The summed E-state index contributed by atoms with van der Waals surface area (Å²) in [5.74, 6) is 0.706. The molecular formula is C12H15N3O3. The lowest BCUT2D eigenvalue weighted by Crippen LogP contribution is -2.23. The number of carbonyl (C=O) groups excluding carboxylic acids is 1. The first-order valence-corrected chi connectivity index (χ1v) is 5.37. The Morgan fingerprint density at radius 2 is 2.33 bits per heavy atom. The van der Waals surface area contributed by atoms with Gasteiger partial charge in [-0.1, -0.05) is 0 Å². The molecule has 6 heteroatoms. The maximum Gasteiger partial charge on any atom is 0.404 e. The zero-order valence-electron chi connectivity index (χ0n) is 10.1. The van der Waals surface area contributed by atoms with E-state index in [1.807, 2.05) is 0 Å². The zero-order chi connectivity index (χ0) is 13.4. The number of ether oxygens (including phenoxy) is 2. The standard InChI is InChI=1S/C12H15N3O3/c1-17-11-3-2-9(7-13)6-10(11)8-15-4-5-18-12(14)16/h2-3,6,15H,4-5,8H2,1H3,(H2,14,16). The summed E-state index contributed by atoms with van der Waals surface area (Å²) < 4.78 is 9.76. The van der Waals surface area contributed by atoms with Crippen LogP contribution in [0.5, 0.6) is 5.75 Å². The lowest BCUT2D eigenvalue weighted by atomic mass is 10.1. The van der Waals surface area contributed by atoms with Crippen molar-refractivity contribution in [3.63, 3.8) is 0 Å². The summed E-state index contributed by atoms with van der Waals surface area (Å²) in [4.78, 5) is 10.3. The molecule has 18 heavy (non-hydrogen) atoms. The van der Waals surface area contributed by atoms with Gasteiger partial charge in [0.1, 0.15) is 12.4 Å². The second-order valence-electron chi connectivity index (χ2n) is 3.48. The van der Waals surface area contributed by atoms with Crippen LogP contribution in [0.25, 0.3) is 0 Å². The van der Waals surface area contributed by atoms with Crippen LogP contribution in [-0.2, 0) is 11.3 Å². The van der Waals surface area contributed by atoms with Crippen molar-refractivity contribution in [1.82, 2.24) is 5.32 Å². The maximum absolute atomic E-state index is 10.3. The molecule has 3 N–H and O–H groups in total. The van der Waals surface area contributed by atoms with Crippen LogP contribution in [0.2, 0.25) is 0 Å². The van der Waals surface area contributed by atoms with Crippen molar-refractivity contribution in [2.45, 2.75) is 6.54 Å². The van der Waals surface area contributed by atoms with Gasteiger partial charge in [0, 0.05) is 18.7 Å². The van der Waals surface area contributed by atoms with E-state index in [9.17, 15) is 4.79 Å². The zero-order valence-corrected chi connectivity index (χ0v) is 10.1. The molecule has 0 saturated heterocycles. The fourth-order valence-corrected chi connectivity index (χ4v) is 1.43. The molecule has 0 radical (unpaired) electrons. The summed E-state index contributed by atoms with van der Waals surface area (Å²) in [6, 6.07) is 7.26.